The molecule has 0 amide bonds. The number of ether oxygens (including phenoxy) is 2. The Balaban J connectivity index is 1.77. The number of hydrogen-bond donors (Lipinski definition) is 2. The van der Waals surface area contributed by atoms with Gasteiger partial charge in [0, 0.05) is 18.7 Å². The Hall–Kier alpha value is -1.07. The first-order valence-corrected chi connectivity index (χ1v) is 8.23. The number of guanidine groups is 1. The molecule has 5 nitrogen and oxygen atoms in total. The van der Waals surface area contributed by atoms with Crippen molar-refractivity contribution in [1.29, 1.82) is 0 Å². The van der Waals surface area contributed by atoms with Crippen molar-refractivity contribution in [3.8, 4) is 0 Å². The first-order valence-electron chi connectivity index (χ1n) is 8.23. The zero-order valence-electron chi connectivity index (χ0n) is 12.9. The van der Waals surface area contributed by atoms with Crippen molar-refractivity contribution in [1.82, 2.24) is 5.32 Å². The van der Waals surface area contributed by atoms with Gasteiger partial charge in [0.15, 0.2) is 11.7 Å². The summed E-state index contributed by atoms with van der Waals surface area (Å²) in [7, 11) is 0. The second-order valence-corrected chi connectivity index (χ2v) is 6.64. The molecule has 1 aliphatic carbocycles. The fourth-order valence-electron chi connectivity index (χ4n) is 3.64. The Morgan fingerprint density at radius 1 is 1.33 bits per heavy atom. The van der Waals surface area contributed by atoms with Gasteiger partial charge in [-0.15, -0.1) is 0 Å². The molecule has 0 bridgehead atoms. The highest BCUT2D eigenvalue weighted by Gasteiger charge is 2.42. The molecule has 1 saturated heterocycles. The van der Waals surface area contributed by atoms with Gasteiger partial charge in [0.25, 0.3) is 0 Å². The van der Waals surface area contributed by atoms with Crippen molar-refractivity contribution in [2.24, 2.45) is 22.6 Å². The van der Waals surface area contributed by atoms with Crippen LogP contribution >= 0.6 is 0 Å². The molecule has 0 aromatic rings. The molecule has 0 radical (unpaired) electrons. The summed E-state index contributed by atoms with van der Waals surface area (Å²) >= 11 is 0. The fraction of sp³-hybridized carbons (Fsp3) is 0.812. The van der Waals surface area contributed by atoms with E-state index < -0.39 is 5.72 Å². The second-order valence-electron chi connectivity index (χ2n) is 6.64. The molecule has 1 saturated carbocycles. The van der Waals surface area contributed by atoms with Crippen LogP contribution in [0.2, 0.25) is 0 Å². The molecule has 2 aliphatic heterocycles. The van der Waals surface area contributed by atoms with Gasteiger partial charge in [0.1, 0.15) is 0 Å². The van der Waals surface area contributed by atoms with Crippen molar-refractivity contribution < 1.29 is 9.47 Å². The van der Waals surface area contributed by atoms with E-state index in [0.29, 0.717) is 18.5 Å². The predicted octanol–water partition coefficient (Wildman–Crippen LogP) is 2.14. The lowest BCUT2D eigenvalue weighted by Gasteiger charge is -2.42. The minimum atomic E-state index is -0.596. The monoisotopic (exact) mass is 293 g/mol. The average molecular weight is 293 g/mol. The van der Waals surface area contributed by atoms with Crippen molar-refractivity contribution in [3.63, 3.8) is 0 Å². The van der Waals surface area contributed by atoms with Crippen LogP contribution in [-0.2, 0) is 9.47 Å². The van der Waals surface area contributed by atoms with Crippen LogP contribution in [0.4, 0.5) is 0 Å². The quantitative estimate of drug-likeness (QED) is 0.836. The zero-order chi connectivity index (χ0) is 14.7. The number of nitrogens with one attached hydrogen (secondary N) is 1. The maximum Gasteiger partial charge on any atom is 0.195 e. The summed E-state index contributed by atoms with van der Waals surface area (Å²) in [5.41, 5.74) is 5.33. The summed E-state index contributed by atoms with van der Waals surface area (Å²) in [5, 5.41) is 2.96. The molecule has 0 aromatic carbocycles. The normalized spacial score (nSPS) is 40.4. The van der Waals surface area contributed by atoms with Gasteiger partial charge in [0.2, 0.25) is 0 Å². The highest BCUT2D eigenvalue weighted by molar-refractivity contribution is 5.80. The van der Waals surface area contributed by atoms with Crippen LogP contribution < -0.4 is 11.1 Å². The minimum Gasteiger partial charge on any atom is -0.379 e. The predicted molar refractivity (Wildman–Crippen MR) is 82.7 cm³/mol. The summed E-state index contributed by atoms with van der Waals surface area (Å²) in [6, 6.07) is 0. The molecule has 2 fully saturated rings. The van der Waals surface area contributed by atoms with Gasteiger partial charge in [-0.25, -0.2) is 4.99 Å². The van der Waals surface area contributed by atoms with Crippen LogP contribution in [0.1, 0.15) is 45.4 Å². The highest BCUT2D eigenvalue weighted by Crippen LogP contribution is 2.41. The van der Waals surface area contributed by atoms with Crippen LogP contribution in [0.5, 0.6) is 0 Å². The van der Waals surface area contributed by atoms with Crippen LogP contribution in [0.25, 0.3) is 0 Å². The Morgan fingerprint density at radius 3 is 2.81 bits per heavy atom. The second kappa shape index (κ2) is 6.36. The molecule has 0 spiro atoms. The summed E-state index contributed by atoms with van der Waals surface area (Å²) in [5.74, 6) is 1.67. The average Bonchev–Trinajstić information content (AvgIpc) is 2.49. The third-order valence-electron chi connectivity index (χ3n) is 4.92. The van der Waals surface area contributed by atoms with E-state index in [-0.39, 0.29) is 6.10 Å². The zero-order valence-corrected chi connectivity index (χ0v) is 12.9. The lowest BCUT2D eigenvalue weighted by atomic mass is 9.77. The maximum atomic E-state index is 6.45. The molecule has 3 aliphatic rings. The van der Waals surface area contributed by atoms with Gasteiger partial charge in [-0.05, 0) is 37.7 Å². The van der Waals surface area contributed by atoms with Gasteiger partial charge < -0.3 is 20.5 Å². The molecule has 0 aromatic heterocycles. The molecule has 5 heteroatoms. The minimum absolute atomic E-state index is 0.123. The molecule has 3 N–H and O–H groups in total. The highest BCUT2D eigenvalue weighted by atomic mass is 16.6. The first kappa shape index (κ1) is 14.9. The first-order chi connectivity index (χ1) is 10.2. The smallest absolute Gasteiger partial charge is 0.195 e. The number of rotatable bonds is 3. The summed E-state index contributed by atoms with van der Waals surface area (Å²) < 4.78 is 12.0. The fourth-order valence-corrected chi connectivity index (χ4v) is 3.64. The van der Waals surface area contributed by atoms with E-state index in [9.17, 15) is 0 Å². The van der Waals surface area contributed by atoms with Gasteiger partial charge in [-0.1, -0.05) is 19.8 Å². The molecule has 118 valence electrons. The van der Waals surface area contributed by atoms with Gasteiger partial charge in [-0.3, -0.25) is 0 Å². The number of nitrogens with two attached hydrogens (primary N) is 1. The van der Waals surface area contributed by atoms with E-state index in [1.54, 1.807) is 0 Å². The summed E-state index contributed by atoms with van der Waals surface area (Å²) in [6.07, 6.45) is 10.9. The molecular weight excluding hydrogens is 266 g/mol. The van der Waals surface area contributed by atoms with E-state index >= 15 is 0 Å². The van der Waals surface area contributed by atoms with Gasteiger partial charge in [0.05, 0.1) is 12.7 Å². The third kappa shape index (κ3) is 3.40. The van der Waals surface area contributed by atoms with Crippen LogP contribution in [0.3, 0.4) is 0 Å². The third-order valence-corrected chi connectivity index (χ3v) is 4.92. The molecule has 2 unspecified atom stereocenters. The SMILES string of the molecule is CC1CCC(C2(OC3CCCOC3)C=CNC(N)=N2)CC1. The van der Waals surface area contributed by atoms with E-state index in [1.165, 1.54) is 12.8 Å². The van der Waals surface area contributed by atoms with Crippen molar-refractivity contribution in [2.45, 2.75) is 57.3 Å². The number of nitrogens with zero attached hydrogens (tertiary/aromatic N) is 1. The summed E-state index contributed by atoms with van der Waals surface area (Å²) in [4.78, 5) is 4.68. The molecule has 3 rings (SSSR count). The van der Waals surface area contributed by atoms with Crippen molar-refractivity contribution >= 4 is 5.96 Å². The lowest BCUT2D eigenvalue weighted by molar-refractivity contribution is -0.141. The van der Waals surface area contributed by atoms with Gasteiger partial charge in [-0.2, -0.15) is 0 Å². The van der Waals surface area contributed by atoms with Crippen LogP contribution in [0.15, 0.2) is 17.3 Å². The Kier molecular flexibility index (Phi) is 4.50. The summed E-state index contributed by atoms with van der Waals surface area (Å²) in [6.45, 7) is 3.84. The maximum absolute atomic E-state index is 6.45. The van der Waals surface area contributed by atoms with Crippen molar-refractivity contribution in [3.05, 3.63) is 12.3 Å². The molecule has 2 heterocycles. The van der Waals surface area contributed by atoms with E-state index in [4.69, 9.17) is 15.2 Å². The van der Waals surface area contributed by atoms with Crippen LogP contribution in [0, 0.1) is 11.8 Å². The number of aliphatic imine (C=N–C) groups is 1. The molecule has 2 atom stereocenters. The Bertz CT molecular complexity index is 410. The van der Waals surface area contributed by atoms with Crippen molar-refractivity contribution in [2.75, 3.05) is 13.2 Å². The molecular formula is C16H27N3O2. The molecule has 21 heavy (non-hydrogen) atoms. The lowest BCUT2D eigenvalue weighted by Crippen LogP contribution is -2.49. The Morgan fingerprint density at radius 2 is 2.14 bits per heavy atom. The Labute approximate surface area is 127 Å². The van der Waals surface area contributed by atoms with Gasteiger partial charge >= 0.3 is 0 Å². The largest absolute Gasteiger partial charge is 0.379 e. The van der Waals surface area contributed by atoms with E-state index in [2.05, 4.69) is 23.3 Å². The number of hydrogen-bond acceptors (Lipinski definition) is 5. The van der Waals surface area contributed by atoms with E-state index in [1.807, 2.05) is 6.20 Å². The standard InChI is InChI=1S/C16H27N3O2/c1-12-4-6-13(7-5-12)16(8-9-18-15(17)19-16)21-14-3-2-10-20-11-14/h8-9,12-14H,2-7,10-11H2,1H3,(H3,17,18,19). The van der Waals surface area contributed by atoms with Crippen LogP contribution in [-0.4, -0.2) is 31.0 Å². The topological polar surface area (TPSA) is 68.9 Å². The van der Waals surface area contributed by atoms with E-state index in [0.717, 1.165) is 38.2 Å².